The first-order valence-corrected chi connectivity index (χ1v) is 5.55. The zero-order chi connectivity index (χ0) is 11.3. The molecule has 15 heavy (non-hydrogen) atoms. The lowest BCUT2D eigenvalue weighted by Crippen LogP contribution is -2.27. The predicted molar refractivity (Wildman–Crippen MR) is 56.5 cm³/mol. The molecule has 1 fully saturated rings. The van der Waals surface area contributed by atoms with Crippen LogP contribution in [0.25, 0.3) is 0 Å². The minimum Gasteiger partial charge on any atom is -0.481 e. The molecule has 0 aromatic heterocycles. The summed E-state index contributed by atoms with van der Waals surface area (Å²) in [6.07, 6.45) is 4.85. The molecule has 1 aliphatic carbocycles. The summed E-state index contributed by atoms with van der Waals surface area (Å²) in [5.74, 6) is 0.127. The van der Waals surface area contributed by atoms with Gasteiger partial charge in [0.1, 0.15) is 0 Å². The van der Waals surface area contributed by atoms with Gasteiger partial charge in [-0.1, -0.05) is 12.8 Å². The summed E-state index contributed by atoms with van der Waals surface area (Å²) in [5.41, 5.74) is 0. The van der Waals surface area contributed by atoms with Crippen LogP contribution in [0.3, 0.4) is 0 Å². The van der Waals surface area contributed by atoms with Crippen LogP contribution in [0.2, 0.25) is 0 Å². The van der Waals surface area contributed by atoms with Gasteiger partial charge in [-0.2, -0.15) is 0 Å². The molecule has 0 spiro atoms. The van der Waals surface area contributed by atoms with Gasteiger partial charge in [0.05, 0.1) is 0 Å². The van der Waals surface area contributed by atoms with E-state index in [0.29, 0.717) is 19.4 Å². The minimum atomic E-state index is -0.797. The van der Waals surface area contributed by atoms with Crippen LogP contribution in [-0.2, 0) is 9.59 Å². The second kappa shape index (κ2) is 5.73. The Hall–Kier alpha value is -1.06. The van der Waals surface area contributed by atoms with Crippen LogP contribution >= 0.6 is 0 Å². The smallest absolute Gasteiger partial charge is 0.303 e. The van der Waals surface area contributed by atoms with E-state index in [1.165, 1.54) is 12.8 Å². The lowest BCUT2D eigenvalue weighted by atomic mass is 10.2. The summed E-state index contributed by atoms with van der Waals surface area (Å²) in [6, 6.07) is 0. The quantitative estimate of drug-likeness (QED) is 0.697. The van der Waals surface area contributed by atoms with E-state index in [2.05, 4.69) is 0 Å². The molecule has 0 bridgehead atoms. The van der Waals surface area contributed by atoms with Gasteiger partial charge in [0.15, 0.2) is 0 Å². The first-order valence-electron chi connectivity index (χ1n) is 5.55. The van der Waals surface area contributed by atoms with Crippen molar-refractivity contribution in [2.45, 2.75) is 38.5 Å². The first kappa shape index (κ1) is 12.0. The fourth-order valence-electron chi connectivity index (χ4n) is 1.52. The Morgan fingerprint density at radius 3 is 2.53 bits per heavy atom. The molecule has 4 heteroatoms. The highest BCUT2D eigenvalue weighted by Crippen LogP contribution is 2.33. The average Bonchev–Trinajstić information content (AvgIpc) is 2.96. The Labute approximate surface area is 90.3 Å². The van der Waals surface area contributed by atoms with Crippen molar-refractivity contribution < 1.29 is 14.7 Å². The Morgan fingerprint density at radius 1 is 1.33 bits per heavy atom. The Kier molecular flexibility index (Phi) is 4.59. The maximum absolute atomic E-state index is 11.5. The highest BCUT2D eigenvalue weighted by atomic mass is 16.4. The van der Waals surface area contributed by atoms with Gasteiger partial charge in [0.25, 0.3) is 0 Å². The highest BCUT2D eigenvalue weighted by Gasteiger charge is 2.22. The van der Waals surface area contributed by atoms with E-state index in [4.69, 9.17) is 5.11 Å². The molecule has 0 radical (unpaired) electrons. The first-order chi connectivity index (χ1) is 7.09. The third-order valence-electron chi connectivity index (χ3n) is 2.77. The third-order valence-corrected chi connectivity index (χ3v) is 2.77. The predicted octanol–water partition coefficient (Wildman–Crippen LogP) is 1.50. The van der Waals surface area contributed by atoms with Crippen LogP contribution in [0.4, 0.5) is 0 Å². The molecule has 0 atom stereocenters. The number of aliphatic carboxylic acids is 1. The number of carboxylic acids is 1. The van der Waals surface area contributed by atoms with Gasteiger partial charge >= 0.3 is 5.97 Å². The molecule has 1 aliphatic rings. The van der Waals surface area contributed by atoms with E-state index < -0.39 is 5.97 Å². The zero-order valence-corrected chi connectivity index (χ0v) is 9.24. The summed E-state index contributed by atoms with van der Waals surface area (Å²) in [5, 5.41) is 8.45. The number of carbonyl (C=O) groups excluding carboxylic acids is 1. The molecule has 0 saturated heterocycles. The van der Waals surface area contributed by atoms with Crippen molar-refractivity contribution in [3.8, 4) is 0 Å². The molecule has 0 aliphatic heterocycles. The molecule has 1 N–H and O–H groups in total. The number of rotatable bonds is 7. The van der Waals surface area contributed by atoms with Crippen LogP contribution in [-0.4, -0.2) is 35.5 Å². The third kappa shape index (κ3) is 5.40. The maximum atomic E-state index is 11.5. The van der Waals surface area contributed by atoms with Crippen LogP contribution in [0.15, 0.2) is 0 Å². The van der Waals surface area contributed by atoms with Gasteiger partial charge < -0.3 is 10.0 Å². The van der Waals surface area contributed by atoms with E-state index in [-0.39, 0.29) is 12.3 Å². The Morgan fingerprint density at radius 2 is 2.00 bits per heavy atom. The SMILES string of the molecule is CN(CCCC(=O)O)C(=O)CCC1CC1. The monoisotopic (exact) mass is 213 g/mol. The van der Waals surface area contributed by atoms with Crippen LogP contribution in [0.1, 0.15) is 38.5 Å². The van der Waals surface area contributed by atoms with E-state index in [1.54, 1.807) is 11.9 Å². The Balaban J connectivity index is 2.05. The molecule has 0 heterocycles. The van der Waals surface area contributed by atoms with Crippen molar-refractivity contribution in [1.29, 1.82) is 0 Å². The largest absolute Gasteiger partial charge is 0.481 e. The summed E-state index contributed by atoms with van der Waals surface area (Å²) >= 11 is 0. The molecule has 86 valence electrons. The number of nitrogens with zero attached hydrogens (tertiary/aromatic N) is 1. The number of amides is 1. The molecule has 1 saturated carbocycles. The number of hydrogen-bond donors (Lipinski definition) is 1. The molecule has 1 amide bonds. The topological polar surface area (TPSA) is 57.6 Å². The van der Waals surface area contributed by atoms with Crippen molar-refractivity contribution in [2.75, 3.05) is 13.6 Å². The fourth-order valence-corrected chi connectivity index (χ4v) is 1.52. The van der Waals surface area contributed by atoms with E-state index in [9.17, 15) is 9.59 Å². The number of carboxylic acid groups (broad SMARTS) is 1. The van der Waals surface area contributed by atoms with Crippen molar-refractivity contribution in [1.82, 2.24) is 4.90 Å². The molecular formula is C11H19NO3. The number of carbonyl (C=O) groups is 2. The fraction of sp³-hybridized carbons (Fsp3) is 0.818. The van der Waals surface area contributed by atoms with Gasteiger partial charge in [-0.15, -0.1) is 0 Å². The van der Waals surface area contributed by atoms with Crippen LogP contribution in [0.5, 0.6) is 0 Å². The Bertz CT molecular complexity index is 236. The van der Waals surface area contributed by atoms with E-state index >= 15 is 0 Å². The van der Waals surface area contributed by atoms with Gasteiger partial charge in [0.2, 0.25) is 5.91 Å². The summed E-state index contributed by atoms with van der Waals surface area (Å²) in [4.78, 5) is 23.4. The average molecular weight is 213 g/mol. The van der Waals surface area contributed by atoms with Crippen molar-refractivity contribution in [3.05, 3.63) is 0 Å². The van der Waals surface area contributed by atoms with Gasteiger partial charge in [-0.25, -0.2) is 0 Å². The van der Waals surface area contributed by atoms with E-state index in [0.717, 1.165) is 12.3 Å². The van der Waals surface area contributed by atoms with Crippen molar-refractivity contribution >= 4 is 11.9 Å². The van der Waals surface area contributed by atoms with Gasteiger partial charge in [0, 0.05) is 26.4 Å². The molecule has 0 unspecified atom stereocenters. The molecular weight excluding hydrogens is 194 g/mol. The molecule has 0 aromatic rings. The summed E-state index contributed by atoms with van der Waals surface area (Å²) in [7, 11) is 1.75. The minimum absolute atomic E-state index is 0.139. The standard InChI is InChI=1S/C11H19NO3/c1-12(8-2-3-11(14)15)10(13)7-6-9-4-5-9/h9H,2-8H2,1H3,(H,14,15). The van der Waals surface area contributed by atoms with Crippen molar-refractivity contribution in [3.63, 3.8) is 0 Å². The summed E-state index contributed by atoms with van der Waals surface area (Å²) < 4.78 is 0. The second-order valence-electron chi connectivity index (χ2n) is 4.29. The molecule has 0 aromatic carbocycles. The lowest BCUT2D eigenvalue weighted by molar-refractivity contribution is -0.138. The zero-order valence-electron chi connectivity index (χ0n) is 9.24. The normalized spacial score (nSPS) is 15.0. The number of hydrogen-bond acceptors (Lipinski definition) is 2. The van der Waals surface area contributed by atoms with Gasteiger partial charge in [-0.3, -0.25) is 9.59 Å². The lowest BCUT2D eigenvalue weighted by Gasteiger charge is -2.16. The van der Waals surface area contributed by atoms with Crippen LogP contribution < -0.4 is 0 Å². The van der Waals surface area contributed by atoms with Gasteiger partial charge in [-0.05, 0) is 18.8 Å². The highest BCUT2D eigenvalue weighted by molar-refractivity contribution is 5.75. The van der Waals surface area contributed by atoms with E-state index in [1.807, 2.05) is 0 Å². The molecule has 4 nitrogen and oxygen atoms in total. The maximum Gasteiger partial charge on any atom is 0.303 e. The van der Waals surface area contributed by atoms with Crippen LogP contribution in [0, 0.1) is 5.92 Å². The second-order valence-corrected chi connectivity index (χ2v) is 4.29. The molecule has 1 rings (SSSR count). The summed E-state index contributed by atoms with van der Waals surface area (Å²) in [6.45, 7) is 0.551. The van der Waals surface area contributed by atoms with Crippen molar-refractivity contribution in [2.24, 2.45) is 5.92 Å².